The van der Waals surface area contributed by atoms with E-state index in [0.717, 1.165) is 0 Å². The number of rotatable bonds is 3. The molecule has 0 bridgehead atoms. The third-order valence-corrected chi connectivity index (χ3v) is 7.59. The molecule has 0 radical (unpaired) electrons. The van der Waals surface area contributed by atoms with Crippen LogP contribution in [0.3, 0.4) is 0 Å². The maximum atomic E-state index is 14.1. The van der Waals surface area contributed by atoms with Crippen LogP contribution < -0.4 is 0 Å². The fourth-order valence-corrected chi connectivity index (χ4v) is 7.06. The molecule has 1 atom stereocenters. The van der Waals surface area contributed by atoms with Gasteiger partial charge in [-0.25, -0.2) is 4.67 Å². The summed E-state index contributed by atoms with van der Waals surface area (Å²) in [5.74, 6) is 0. The average molecular weight is 238 g/mol. The number of nitrogens with zero attached hydrogens (tertiary/aromatic N) is 2. The lowest BCUT2D eigenvalue weighted by Gasteiger charge is -2.46. The summed E-state index contributed by atoms with van der Waals surface area (Å²) in [6.45, 7) is 12.8. The van der Waals surface area contributed by atoms with E-state index in [2.05, 4.69) is 44.7 Å². The maximum Gasteiger partial charge on any atom is 0.229 e. The van der Waals surface area contributed by atoms with Crippen molar-refractivity contribution in [2.75, 3.05) is 14.1 Å². The summed E-state index contributed by atoms with van der Waals surface area (Å²) < 4.78 is 17.9. The Balaban J connectivity index is 4.94. The molecule has 0 aliphatic rings. The van der Waals surface area contributed by atoms with E-state index in [0.29, 0.717) is 0 Å². The monoisotopic (exact) mass is 238 g/mol. The molecule has 0 saturated carbocycles. The number of hydrogen-bond acceptors (Lipinski definition) is 2. The Labute approximate surface area is 90.5 Å². The lowest BCUT2D eigenvalue weighted by atomic mass is 10.1. The lowest BCUT2D eigenvalue weighted by molar-refractivity contribution is 0.341. The van der Waals surface area contributed by atoms with Crippen LogP contribution in [-0.4, -0.2) is 36.9 Å². The van der Waals surface area contributed by atoms with Gasteiger partial charge in [-0.15, -0.1) is 0 Å². The second kappa shape index (κ2) is 4.56. The molecule has 5 heteroatoms. The highest BCUT2D eigenvalue weighted by atomic mass is 31.2. The van der Waals surface area contributed by atoms with Crippen LogP contribution in [0.2, 0.25) is 19.6 Å². The molecule has 86 valence electrons. The molecule has 0 spiro atoms. The molecular formula is C9H24FN2PSi. The summed E-state index contributed by atoms with van der Waals surface area (Å²) in [5, 5.41) is 0. The van der Waals surface area contributed by atoms with Gasteiger partial charge in [0.05, 0.1) is 0 Å². The molecule has 0 fully saturated rings. The second-order valence-electron chi connectivity index (χ2n) is 5.74. The largest absolute Gasteiger partial charge is 0.261 e. The zero-order chi connectivity index (χ0) is 11.7. The van der Waals surface area contributed by atoms with Gasteiger partial charge in [0.1, 0.15) is 8.24 Å². The molecule has 1 unspecified atom stereocenters. The SMILES string of the molecule is CN(C)P(F)N(C(C)(C)C)[Si](C)(C)C. The highest BCUT2D eigenvalue weighted by molar-refractivity contribution is 7.49. The first-order valence-electron chi connectivity index (χ1n) is 4.91. The van der Waals surface area contributed by atoms with Crippen molar-refractivity contribution >= 4 is 16.8 Å². The van der Waals surface area contributed by atoms with Gasteiger partial charge < -0.3 is 0 Å². The zero-order valence-corrected chi connectivity index (χ0v) is 12.6. The van der Waals surface area contributed by atoms with Crippen LogP contribution in [0.25, 0.3) is 0 Å². The van der Waals surface area contributed by atoms with Crippen LogP contribution in [0.4, 0.5) is 4.20 Å². The van der Waals surface area contributed by atoms with Crippen LogP contribution >= 0.6 is 8.53 Å². The molecule has 0 aliphatic heterocycles. The van der Waals surface area contributed by atoms with Crippen LogP contribution in [0.1, 0.15) is 20.8 Å². The molecule has 0 N–H and O–H groups in total. The molecule has 2 nitrogen and oxygen atoms in total. The third kappa shape index (κ3) is 3.93. The van der Waals surface area contributed by atoms with Crippen molar-refractivity contribution in [3.63, 3.8) is 0 Å². The zero-order valence-electron chi connectivity index (χ0n) is 10.7. The smallest absolute Gasteiger partial charge is 0.229 e. The summed E-state index contributed by atoms with van der Waals surface area (Å²) in [5.41, 5.74) is -0.0881. The van der Waals surface area contributed by atoms with Crippen molar-refractivity contribution in [3.8, 4) is 0 Å². The molecule has 0 aromatic carbocycles. The molecule has 0 aromatic rings. The Bertz CT molecular complexity index is 172. The molecular weight excluding hydrogens is 214 g/mol. The Morgan fingerprint density at radius 2 is 1.43 bits per heavy atom. The summed E-state index contributed by atoms with van der Waals surface area (Å²) in [7, 11) is 0.367. The summed E-state index contributed by atoms with van der Waals surface area (Å²) in [6, 6.07) is 0. The van der Waals surface area contributed by atoms with Crippen molar-refractivity contribution < 1.29 is 4.20 Å². The minimum Gasteiger partial charge on any atom is -0.261 e. The van der Waals surface area contributed by atoms with E-state index in [1.165, 1.54) is 0 Å². The molecule has 0 amide bonds. The predicted octanol–water partition coefficient (Wildman–Crippen LogP) is 3.68. The van der Waals surface area contributed by atoms with E-state index < -0.39 is 16.8 Å². The van der Waals surface area contributed by atoms with Gasteiger partial charge in [0, 0.05) is 5.54 Å². The van der Waals surface area contributed by atoms with E-state index in [1.54, 1.807) is 4.67 Å². The fourth-order valence-electron chi connectivity index (χ4n) is 1.68. The van der Waals surface area contributed by atoms with Crippen molar-refractivity contribution in [2.45, 2.75) is 46.0 Å². The Kier molecular flexibility index (Phi) is 4.72. The standard InChI is InChI=1S/C9H24FN2PSi/c1-9(2,3)12(14(6,7)8)13(10)11(4)5/h1-8H3. The van der Waals surface area contributed by atoms with Crippen molar-refractivity contribution in [3.05, 3.63) is 0 Å². The highest BCUT2D eigenvalue weighted by Crippen LogP contribution is 2.51. The average Bonchev–Trinajstić information content (AvgIpc) is 1.79. The normalized spacial score (nSPS) is 16.5. The van der Waals surface area contributed by atoms with Crippen molar-refractivity contribution in [2.24, 2.45) is 0 Å². The fraction of sp³-hybridized carbons (Fsp3) is 1.00. The van der Waals surface area contributed by atoms with E-state index >= 15 is 0 Å². The Hall–Kier alpha value is 0.497. The number of halogens is 1. The Morgan fingerprint density at radius 1 is 1.07 bits per heavy atom. The molecule has 0 aromatic heterocycles. The first kappa shape index (κ1) is 14.5. The van der Waals surface area contributed by atoms with Crippen LogP contribution in [0.15, 0.2) is 0 Å². The summed E-state index contributed by atoms with van der Waals surface area (Å²) >= 11 is 0. The quantitative estimate of drug-likeness (QED) is 0.546. The molecule has 0 saturated heterocycles. The molecule has 14 heavy (non-hydrogen) atoms. The number of hydrogen-bond donors (Lipinski definition) is 0. The topological polar surface area (TPSA) is 6.48 Å². The van der Waals surface area contributed by atoms with Gasteiger partial charge in [0.15, 0.2) is 0 Å². The van der Waals surface area contributed by atoms with Gasteiger partial charge in [-0.1, -0.05) is 19.6 Å². The van der Waals surface area contributed by atoms with E-state index in [1.807, 2.05) is 14.1 Å². The second-order valence-corrected chi connectivity index (χ2v) is 12.6. The van der Waals surface area contributed by atoms with Crippen LogP contribution in [0.5, 0.6) is 0 Å². The molecule has 0 aliphatic carbocycles. The van der Waals surface area contributed by atoms with Gasteiger partial charge in [-0.2, -0.15) is 4.20 Å². The van der Waals surface area contributed by atoms with E-state index in [9.17, 15) is 4.20 Å². The highest BCUT2D eigenvalue weighted by Gasteiger charge is 2.40. The Morgan fingerprint density at radius 3 is 1.50 bits per heavy atom. The third-order valence-electron chi connectivity index (χ3n) is 1.77. The van der Waals surface area contributed by atoms with Crippen LogP contribution in [-0.2, 0) is 0 Å². The first-order chi connectivity index (χ1) is 5.98. The lowest BCUT2D eigenvalue weighted by Crippen LogP contribution is -2.53. The van der Waals surface area contributed by atoms with Crippen molar-refractivity contribution in [1.82, 2.24) is 9.01 Å². The van der Waals surface area contributed by atoms with Gasteiger partial charge >= 0.3 is 0 Å². The molecule has 0 heterocycles. The predicted molar refractivity (Wildman–Crippen MR) is 66.7 cm³/mol. The van der Waals surface area contributed by atoms with E-state index in [4.69, 9.17) is 0 Å². The van der Waals surface area contributed by atoms with Gasteiger partial charge in [0.25, 0.3) is 0 Å². The van der Waals surface area contributed by atoms with E-state index in [-0.39, 0.29) is 5.54 Å². The maximum absolute atomic E-state index is 14.1. The minimum absolute atomic E-state index is 0.0881. The van der Waals surface area contributed by atoms with Crippen LogP contribution in [0, 0.1) is 0 Å². The minimum atomic E-state index is -1.65. The van der Waals surface area contributed by atoms with Crippen molar-refractivity contribution in [1.29, 1.82) is 0 Å². The van der Waals surface area contributed by atoms with Gasteiger partial charge in [-0.3, -0.25) is 4.34 Å². The van der Waals surface area contributed by atoms with Gasteiger partial charge in [-0.05, 0) is 34.9 Å². The van der Waals surface area contributed by atoms with Gasteiger partial charge in [0.2, 0.25) is 8.53 Å². The first-order valence-corrected chi connectivity index (χ1v) is 9.50. The summed E-state index contributed by atoms with van der Waals surface area (Å²) in [4.78, 5) is 0. The molecule has 0 rings (SSSR count). The summed E-state index contributed by atoms with van der Waals surface area (Å²) in [6.07, 6.45) is 0.